The zero-order valence-electron chi connectivity index (χ0n) is 13.7. The summed E-state index contributed by atoms with van der Waals surface area (Å²) in [7, 11) is 1.66. The number of anilines is 1. The summed E-state index contributed by atoms with van der Waals surface area (Å²) in [6.07, 6.45) is 0. The molecule has 25 heavy (non-hydrogen) atoms. The number of carbonyl (C=O) groups excluding carboxylic acids is 2. The molecule has 1 heterocycles. The second-order valence-corrected chi connectivity index (χ2v) is 6.04. The second kappa shape index (κ2) is 8.75. The van der Waals surface area contributed by atoms with E-state index in [1.54, 1.807) is 16.8 Å². The Bertz CT molecular complexity index is 663. The zero-order chi connectivity index (χ0) is 18.4. The Hall–Kier alpha value is -2.23. The third kappa shape index (κ3) is 5.66. The number of rotatable bonds is 6. The molecule has 1 N–H and O–H groups in total. The van der Waals surface area contributed by atoms with Crippen LogP contribution in [0.1, 0.15) is 0 Å². The molecule has 1 aromatic rings. The van der Waals surface area contributed by atoms with Gasteiger partial charge in [-0.15, -0.1) is 0 Å². The van der Waals surface area contributed by atoms with Crippen molar-refractivity contribution in [2.45, 2.75) is 0 Å². The van der Waals surface area contributed by atoms with Gasteiger partial charge < -0.3 is 15.0 Å². The molecule has 10 heteroatoms. The largest absolute Gasteiger partial charge is 0.378 e. The molecule has 2 rings (SSSR count). The quantitative estimate of drug-likeness (QED) is 0.591. The lowest BCUT2D eigenvalue weighted by Gasteiger charge is -2.28. The van der Waals surface area contributed by atoms with E-state index in [2.05, 4.69) is 5.32 Å². The molecule has 0 spiro atoms. The van der Waals surface area contributed by atoms with Gasteiger partial charge in [0.05, 0.1) is 41.9 Å². The van der Waals surface area contributed by atoms with Crippen LogP contribution in [-0.2, 0) is 14.3 Å². The lowest BCUT2D eigenvalue weighted by Crippen LogP contribution is -2.46. The molecule has 1 aromatic carbocycles. The molecule has 9 nitrogen and oxygen atoms in total. The van der Waals surface area contributed by atoms with Crippen molar-refractivity contribution in [1.82, 2.24) is 9.80 Å². The summed E-state index contributed by atoms with van der Waals surface area (Å²) >= 11 is 5.93. The monoisotopic (exact) mass is 370 g/mol. The van der Waals surface area contributed by atoms with Crippen LogP contribution in [0.15, 0.2) is 18.2 Å². The summed E-state index contributed by atoms with van der Waals surface area (Å²) in [5.41, 5.74) is 0.126. The van der Waals surface area contributed by atoms with Gasteiger partial charge in [-0.2, -0.15) is 0 Å². The third-order valence-electron chi connectivity index (χ3n) is 3.62. The van der Waals surface area contributed by atoms with Gasteiger partial charge in [-0.25, -0.2) is 0 Å². The third-order valence-corrected chi connectivity index (χ3v) is 3.93. The first kappa shape index (κ1) is 19.1. The fourth-order valence-corrected chi connectivity index (χ4v) is 2.58. The van der Waals surface area contributed by atoms with E-state index in [-0.39, 0.29) is 41.3 Å². The summed E-state index contributed by atoms with van der Waals surface area (Å²) in [5, 5.41) is 13.3. The van der Waals surface area contributed by atoms with Gasteiger partial charge in [-0.3, -0.25) is 24.6 Å². The number of benzene rings is 1. The predicted molar refractivity (Wildman–Crippen MR) is 91.6 cm³/mol. The van der Waals surface area contributed by atoms with E-state index in [1.807, 2.05) is 0 Å². The lowest BCUT2D eigenvalue weighted by molar-refractivity contribution is -0.384. The van der Waals surface area contributed by atoms with E-state index in [1.165, 1.54) is 18.2 Å². The molecular formula is C15H19ClN4O5. The van der Waals surface area contributed by atoms with Crippen molar-refractivity contribution in [3.8, 4) is 0 Å². The summed E-state index contributed by atoms with van der Waals surface area (Å²) in [6, 6.07) is 3.80. The normalized spacial score (nSPS) is 14.4. The van der Waals surface area contributed by atoms with Crippen molar-refractivity contribution in [3.63, 3.8) is 0 Å². The summed E-state index contributed by atoms with van der Waals surface area (Å²) in [5.74, 6) is -0.431. The number of nitro benzene ring substituents is 1. The highest BCUT2D eigenvalue weighted by Gasteiger charge is 2.19. The number of hydrogen-bond acceptors (Lipinski definition) is 6. The Balaban J connectivity index is 1.84. The van der Waals surface area contributed by atoms with Crippen LogP contribution in [0.5, 0.6) is 0 Å². The number of amides is 2. The van der Waals surface area contributed by atoms with Crippen molar-refractivity contribution < 1.29 is 19.2 Å². The lowest BCUT2D eigenvalue weighted by atomic mass is 10.3. The molecule has 2 amide bonds. The van der Waals surface area contributed by atoms with Gasteiger partial charge >= 0.3 is 0 Å². The van der Waals surface area contributed by atoms with Crippen molar-refractivity contribution >= 4 is 34.8 Å². The number of hydrogen-bond donors (Lipinski definition) is 1. The fourth-order valence-electron chi connectivity index (χ4n) is 2.35. The van der Waals surface area contributed by atoms with Gasteiger partial charge in [0.25, 0.3) is 5.69 Å². The van der Waals surface area contributed by atoms with E-state index in [9.17, 15) is 19.7 Å². The maximum atomic E-state index is 12.1. The number of non-ortho nitro benzene ring substituents is 1. The van der Waals surface area contributed by atoms with E-state index < -0.39 is 4.92 Å². The first-order chi connectivity index (χ1) is 11.9. The van der Waals surface area contributed by atoms with E-state index >= 15 is 0 Å². The average Bonchev–Trinajstić information content (AvgIpc) is 2.57. The van der Waals surface area contributed by atoms with Gasteiger partial charge in [0.1, 0.15) is 0 Å². The molecule has 0 radical (unpaired) electrons. The zero-order valence-corrected chi connectivity index (χ0v) is 14.5. The summed E-state index contributed by atoms with van der Waals surface area (Å²) < 4.78 is 5.19. The fraction of sp³-hybridized carbons (Fsp3) is 0.467. The molecule has 0 aromatic heterocycles. The number of nitro groups is 1. The maximum Gasteiger partial charge on any atom is 0.271 e. The van der Waals surface area contributed by atoms with E-state index in [4.69, 9.17) is 16.3 Å². The first-order valence-electron chi connectivity index (χ1n) is 7.64. The van der Waals surface area contributed by atoms with Crippen LogP contribution >= 0.6 is 11.6 Å². The van der Waals surface area contributed by atoms with Gasteiger partial charge in [0.2, 0.25) is 11.8 Å². The molecular weight excluding hydrogens is 352 g/mol. The molecule has 1 aliphatic heterocycles. The van der Waals surface area contributed by atoms with Crippen LogP contribution in [0.4, 0.5) is 11.4 Å². The number of nitrogens with zero attached hydrogens (tertiary/aromatic N) is 3. The highest BCUT2D eigenvalue weighted by molar-refractivity contribution is 6.34. The predicted octanol–water partition coefficient (Wildman–Crippen LogP) is 0.977. The maximum absolute atomic E-state index is 12.1. The highest BCUT2D eigenvalue weighted by atomic mass is 35.5. The van der Waals surface area contributed by atoms with Gasteiger partial charge in [0, 0.05) is 25.2 Å². The number of carbonyl (C=O) groups is 2. The second-order valence-electron chi connectivity index (χ2n) is 5.63. The molecule has 0 aliphatic carbocycles. The van der Waals surface area contributed by atoms with Crippen LogP contribution in [0, 0.1) is 10.1 Å². The minimum atomic E-state index is -0.567. The molecule has 1 saturated heterocycles. The van der Waals surface area contributed by atoms with E-state index in [0.29, 0.717) is 26.3 Å². The van der Waals surface area contributed by atoms with Crippen LogP contribution in [0.25, 0.3) is 0 Å². The van der Waals surface area contributed by atoms with Crippen LogP contribution < -0.4 is 5.32 Å². The number of nitrogens with one attached hydrogen (secondary N) is 1. The van der Waals surface area contributed by atoms with E-state index in [0.717, 1.165) is 0 Å². The molecule has 136 valence electrons. The molecule has 0 bridgehead atoms. The van der Waals surface area contributed by atoms with Crippen molar-refractivity contribution in [1.29, 1.82) is 0 Å². The smallest absolute Gasteiger partial charge is 0.271 e. The number of morpholine rings is 1. The van der Waals surface area contributed by atoms with Crippen LogP contribution in [0.2, 0.25) is 5.02 Å². The van der Waals surface area contributed by atoms with Crippen molar-refractivity contribution in [2.75, 3.05) is 51.8 Å². The van der Waals surface area contributed by atoms with Crippen LogP contribution in [0.3, 0.4) is 0 Å². The Morgan fingerprint density at radius 1 is 1.36 bits per heavy atom. The van der Waals surface area contributed by atoms with Gasteiger partial charge in [-0.1, -0.05) is 11.6 Å². The molecule has 1 aliphatic rings. The molecule has 1 fully saturated rings. The van der Waals surface area contributed by atoms with Gasteiger partial charge in [0.15, 0.2) is 0 Å². The molecule has 0 saturated carbocycles. The number of ether oxygens (including phenoxy) is 1. The number of halogens is 1. The summed E-state index contributed by atoms with van der Waals surface area (Å²) in [6.45, 7) is 2.25. The Labute approximate surface area is 149 Å². The minimum Gasteiger partial charge on any atom is -0.378 e. The average molecular weight is 371 g/mol. The van der Waals surface area contributed by atoms with Gasteiger partial charge in [-0.05, 0) is 13.1 Å². The Morgan fingerprint density at radius 3 is 2.64 bits per heavy atom. The van der Waals surface area contributed by atoms with Crippen molar-refractivity contribution in [2.24, 2.45) is 0 Å². The number of likely N-dealkylation sites (N-methyl/N-ethyl adjacent to an activating group) is 1. The molecule has 0 unspecified atom stereocenters. The first-order valence-corrected chi connectivity index (χ1v) is 8.02. The highest BCUT2D eigenvalue weighted by Crippen LogP contribution is 2.26. The van der Waals surface area contributed by atoms with Crippen LogP contribution in [-0.4, -0.2) is 73.0 Å². The summed E-state index contributed by atoms with van der Waals surface area (Å²) in [4.78, 5) is 37.6. The minimum absolute atomic E-state index is 0.0105. The Kier molecular flexibility index (Phi) is 6.68. The molecule has 0 atom stereocenters. The van der Waals surface area contributed by atoms with Crippen molar-refractivity contribution in [3.05, 3.63) is 33.3 Å². The topological polar surface area (TPSA) is 105 Å². The standard InChI is InChI=1S/C15H19ClN4O5/c1-18(10-15(22)19-4-6-25-7-5-19)9-14(21)17-13-3-2-11(20(23)24)8-12(13)16/h2-3,8H,4-7,9-10H2,1H3,(H,17,21). The SMILES string of the molecule is CN(CC(=O)Nc1ccc([N+](=O)[O-])cc1Cl)CC(=O)N1CCOCC1. The Morgan fingerprint density at radius 2 is 2.04 bits per heavy atom.